The minimum absolute atomic E-state index is 0.122. The minimum atomic E-state index is -0.572. The summed E-state index contributed by atoms with van der Waals surface area (Å²) >= 11 is 6.25. The summed E-state index contributed by atoms with van der Waals surface area (Å²) in [5, 5.41) is 3.21. The first kappa shape index (κ1) is 16.7. The Bertz CT molecular complexity index is 1020. The summed E-state index contributed by atoms with van der Waals surface area (Å²) in [5.74, 6) is -0.569. The molecule has 0 saturated heterocycles. The van der Waals surface area contributed by atoms with Crippen molar-refractivity contribution >= 4 is 28.8 Å². The molecule has 5 nitrogen and oxygen atoms in total. The van der Waals surface area contributed by atoms with Crippen molar-refractivity contribution in [1.29, 1.82) is 0 Å². The van der Waals surface area contributed by atoms with E-state index < -0.39 is 11.7 Å². The minimum Gasteiger partial charge on any atom is -0.495 e. The van der Waals surface area contributed by atoms with Crippen LogP contribution in [0.1, 0.15) is 23.3 Å². The zero-order chi connectivity index (χ0) is 18.3. The Morgan fingerprint density at radius 2 is 2.00 bits per heavy atom. The number of methoxy groups -OCH3 is 1. The molecule has 1 amide bonds. The van der Waals surface area contributed by atoms with Crippen molar-refractivity contribution in [2.75, 3.05) is 7.11 Å². The Morgan fingerprint density at radius 3 is 2.69 bits per heavy atom. The SMILES string of the molecule is COc1ccc(-c2cc3ccccn3c2C(=O)C(=O)NC2CC2)cc1Cl. The highest BCUT2D eigenvalue weighted by Crippen LogP contribution is 2.34. The lowest BCUT2D eigenvalue weighted by Gasteiger charge is -2.08. The second kappa shape index (κ2) is 6.50. The highest BCUT2D eigenvalue weighted by Gasteiger charge is 2.30. The molecule has 132 valence electrons. The Kier molecular flexibility index (Phi) is 4.17. The smallest absolute Gasteiger partial charge is 0.294 e. The third kappa shape index (κ3) is 2.95. The van der Waals surface area contributed by atoms with Gasteiger partial charge in [0.2, 0.25) is 0 Å². The highest BCUT2D eigenvalue weighted by atomic mass is 35.5. The molecule has 1 fully saturated rings. The van der Waals surface area contributed by atoms with Gasteiger partial charge in [-0.25, -0.2) is 0 Å². The Morgan fingerprint density at radius 1 is 1.19 bits per heavy atom. The molecule has 4 rings (SSSR count). The number of pyridine rings is 1. The maximum Gasteiger partial charge on any atom is 0.294 e. The van der Waals surface area contributed by atoms with Crippen LogP contribution in [0.3, 0.4) is 0 Å². The van der Waals surface area contributed by atoms with Gasteiger partial charge >= 0.3 is 0 Å². The number of fused-ring (bicyclic) bond motifs is 1. The number of ketones is 1. The Hall–Kier alpha value is -2.79. The van der Waals surface area contributed by atoms with E-state index in [4.69, 9.17) is 16.3 Å². The van der Waals surface area contributed by atoms with Gasteiger partial charge in [0.15, 0.2) is 0 Å². The van der Waals surface area contributed by atoms with Crippen LogP contribution >= 0.6 is 11.6 Å². The van der Waals surface area contributed by atoms with E-state index in [9.17, 15) is 9.59 Å². The van der Waals surface area contributed by atoms with Gasteiger partial charge in [-0.1, -0.05) is 23.7 Å². The second-order valence-corrected chi connectivity index (χ2v) is 6.74. The van der Waals surface area contributed by atoms with Gasteiger partial charge in [0, 0.05) is 23.3 Å². The number of nitrogens with zero attached hydrogens (tertiary/aromatic N) is 1. The molecule has 0 unspecified atom stereocenters. The number of benzene rings is 1. The molecule has 1 aromatic carbocycles. The molecule has 2 aromatic heterocycles. The van der Waals surface area contributed by atoms with Crippen LogP contribution in [0.25, 0.3) is 16.6 Å². The number of hydrogen-bond donors (Lipinski definition) is 1. The lowest BCUT2D eigenvalue weighted by molar-refractivity contribution is -0.117. The zero-order valence-electron chi connectivity index (χ0n) is 14.2. The van der Waals surface area contributed by atoms with Crippen LogP contribution in [0, 0.1) is 0 Å². The maximum absolute atomic E-state index is 12.9. The summed E-state index contributed by atoms with van der Waals surface area (Å²) in [4.78, 5) is 25.3. The van der Waals surface area contributed by atoms with Gasteiger partial charge in [-0.05, 0) is 48.7 Å². The number of Topliss-reactive ketones (excluding diaryl/α,β-unsaturated/α-hetero) is 1. The third-order valence-corrected chi connectivity index (χ3v) is 4.77. The van der Waals surface area contributed by atoms with Crippen molar-refractivity contribution < 1.29 is 14.3 Å². The van der Waals surface area contributed by atoms with Crippen LogP contribution < -0.4 is 10.1 Å². The number of aromatic nitrogens is 1. The van der Waals surface area contributed by atoms with Gasteiger partial charge < -0.3 is 14.5 Å². The number of carbonyl (C=O) groups is 2. The van der Waals surface area contributed by atoms with Gasteiger partial charge in [0.05, 0.1) is 12.1 Å². The van der Waals surface area contributed by atoms with E-state index in [1.807, 2.05) is 30.3 Å². The van der Waals surface area contributed by atoms with Crippen LogP contribution in [0.4, 0.5) is 0 Å². The molecule has 0 atom stereocenters. The van der Waals surface area contributed by atoms with Crippen LogP contribution in [0.2, 0.25) is 5.02 Å². The molecule has 0 radical (unpaired) electrons. The lowest BCUT2D eigenvalue weighted by Crippen LogP contribution is -2.33. The van der Waals surface area contributed by atoms with Gasteiger partial charge in [0.1, 0.15) is 11.4 Å². The molecule has 1 N–H and O–H groups in total. The monoisotopic (exact) mass is 368 g/mol. The zero-order valence-corrected chi connectivity index (χ0v) is 14.9. The first-order chi connectivity index (χ1) is 12.6. The van der Waals surface area contributed by atoms with Gasteiger partial charge in [-0.15, -0.1) is 0 Å². The van der Waals surface area contributed by atoms with Gasteiger partial charge in [0.25, 0.3) is 11.7 Å². The summed E-state index contributed by atoms with van der Waals surface area (Å²) < 4.78 is 6.93. The molecule has 0 spiro atoms. The van der Waals surface area contributed by atoms with Crippen molar-refractivity contribution in [3.8, 4) is 16.9 Å². The topological polar surface area (TPSA) is 59.8 Å². The summed E-state index contributed by atoms with van der Waals surface area (Å²) in [7, 11) is 1.55. The largest absolute Gasteiger partial charge is 0.495 e. The fourth-order valence-corrected chi connectivity index (χ4v) is 3.25. The number of amides is 1. The second-order valence-electron chi connectivity index (χ2n) is 6.33. The Labute approximate surface area is 155 Å². The van der Waals surface area contributed by atoms with Crippen molar-refractivity contribution in [3.63, 3.8) is 0 Å². The normalized spacial score (nSPS) is 13.6. The first-order valence-corrected chi connectivity index (χ1v) is 8.75. The molecular weight excluding hydrogens is 352 g/mol. The van der Waals surface area contributed by atoms with E-state index in [1.54, 1.807) is 29.8 Å². The quantitative estimate of drug-likeness (QED) is 0.551. The average molecular weight is 369 g/mol. The molecule has 2 heterocycles. The van der Waals surface area contributed by atoms with E-state index >= 15 is 0 Å². The molecular formula is C20H17ClN2O3. The lowest BCUT2D eigenvalue weighted by atomic mass is 10.0. The van der Waals surface area contributed by atoms with Crippen molar-refractivity contribution in [2.24, 2.45) is 0 Å². The van der Waals surface area contributed by atoms with Crippen molar-refractivity contribution in [2.45, 2.75) is 18.9 Å². The van der Waals surface area contributed by atoms with E-state index in [2.05, 4.69) is 5.32 Å². The molecule has 0 bridgehead atoms. The number of carbonyl (C=O) groups excluding carboxylic acids is 2. The maximum atomic E-state index is 12.9. The number of halogens is 1. The summed E-state index contributed by atoms with van der Waals surface area (Å²) in [6, 6.07) is 12.9. The van der Waals surface area contributed by atoms with Crippen molar-refractivity contribution in [3.05, 3.63) is 59.4 Å². The standard InChI is InChI=1S/C20H17ClN2O3/c1-26-17-8-5-12(10-16(17)21)15-11-14-4-2-3-9-23(14)18(15)19(24)20(25)22-13-6-7-13/h2-5,8-11,13H,6-7H2,1H3,(H,22,25). The predicted molar refractivity (Wildman–Crippen MR) is 99.9 cm³/mol. The molecule has 1 aliphatic rings. The molecule has 3 aromatic rings. The van der Waals surface area contributed by atoms with Crippen LogP contribution in [-0.2, 0) is 4.79 Å². The number of hydrogen-bond acceptors (Lipinski definition) is 3. The summed E-state index contributed by atoms with van der Waals surface area (Å²) in [5.41, 5.74) is 2.58. The highest BCUT2D eigenvalue weighted by molar-refractivity contribution is 6.44. The first-order valence-electron chi connectivity index (χ1n) is 8.37. The average Bonchev–Trinajstić information content (AvgIpc) is 3.37. The summed E-state index contributed by atoms with van der Waals surface area (Å²) in [6.07, 6.45) is 3.63. The number of nitrogens with one attached hydrogen (secondary N) is 1. The van der Waals surface area contributed by atoms with Gasteiger partial charge in [-0.2, -0.15) is 0 Å². The van der Waals surface area contributed by atoms with Crippen molar-refractivity contribution in [1.82, 2.24) is 9.72 Å². The van der Waals surface area contributed by atoms with Crippen LogP contribution in [0.15, 0.2) is 48.7 Å². The summed E-state index contributed by atoms with van der Waals surface area (Å²) in [6.45, 7) is 0. The van der Waals surface area contributed by atoms with E-state index in [-0.39, 0.29) is 6.04 Å². The fourth-order valence-electron chi connectivity index (χ4n) is 3.00. The van der Waals surface area contributed by atoms with E-state index in [0.717, 1.165) is 23.9 Å². The Balaban J connectivity index is 1.84. The van der Waals surface area contributed by atoms with E-state index in [1.165, 1.54) is 0 Å². The molecule has 26 heavy (non-hydrogen) atoms. The molecule has 1 saturated carbocycles. The fraction of sp³-hybridized carbons (Fsp3) is 0.200. The molecule has 1 aliphatic carbocycles. The molecule has 6 heteroatoms. The van der Waals surface area contributed by atoms with Crippen LogP contribution in [-0.4, -0.2) is 29.2 Å². The van der Waals surface area contributed by atoms with Crippen LogP contribution in [0.5, 0.6) is 5.75 Å². The molecule has 0 aliphatic heterocycles. The van der Waals surface area contributed by atoms with E-state index in [0.29, 0.717) is 22.0 Å². The predicted octanol–water partition coefficient (Wildman–Crippen LogP) is 3.73. The third-order valence-electron chi connectivity index (χ3n) is 4.48. The number of ether oxygens (including phenoxy) is 1. The number of rotatable bonds is 5. The van der Waals surface area contributed by atoms with Gasteiger partial charge in [-0.3, -0.25) is 9.59 Å².